The van der Waals surface area contributed by atoms with Crippen LogP contribution >= 0.6 is 0 Å². The van der Waals surface area contributed by atoms with Gasteiger partial charge in [0.15, 0.2) is 0 Å². The fraction of sp³-hybridized carbons (Fsp3) is 0.567. The number of hydrogen-bond donors (Lipinski definition) is 0. The van der Waals surface area contributed by atoms with Crippen molar-refractivity contribution in [3.8, 4) is 0 Å². The molecule has 2 fully saturated rings. The van der Waals surface area contributed by atoms with E-state index in [0.29, 0.717) is 44.4 Å². The van der Waals surface area contributed by atoms with Gasteiger partial charge in [-0.05, 0) is 55.0 Å². The van der Waals surface area contributed by atoms with E-state index in [9.17, 15) is 35.9 Å². The molecule has 0 spiro atoms. The van der Waals surface area contributed by atoms with Crippen molar-refractivity contribution in [2.45, 2.75) is 75.6 Å². The Balaban J connectivity index is 1.42. The standard InChI is InChI=1S/C30H34F6N6O4/c1-4-23-10-24(16-42(23)28(44)46-25-7-18(8-25)26(43)45-3)41(27-37-11-19(12-38-27)20-13-39-40(2)15-20)14-17-5-21(29(31,32)33)9-22(6-17)30(34,35)36/h5-6,9,11-13,18,20,23-25H,4,7-8,10,14-16H2,1-3H3/t18-,20?,23-,24+,25+/m1/s1. The average Bonchev–Trinajstić information content (AvgIpc) is 3.62. The lowest BCUT2D eigenvalue weighted by Crippen LogP contribution is -2.44. The van der Waals surface area contributed by atoms with Gasteiger partial charge in [-0.2, -0.15) is 31.4 Å². The molecule has 0 N–H and O–H groups in total. The molecule has 2 aromatic rings. The molecular formula is C30H34F6N6O4. The van der Waals surface area contributed by atoms with E-state index in [1.807, 2.05) is 6.92 Å². The molecule has 1 amide bonds. The van der Waals surface area contributed by atoms with Gasteiger partial charge < -0.3 is 19.3 Å². The molecule has 250 valence electrons. The van der Waals surface area contributed by atoms with Gasteiger partial charge in [-0.3, -0.25) is 9.80 Å². The first-order valence-corrected chi connectivity index (χ1v) is 14.8. The Morgan fingerprint density at radius 2 is 1.61 bits per heavy atom. The van der Waals surface area contributed by atoms with Crippen LogP contribution in [0.3, 0.4) is 0 Å². The second kappa shape index (κ2) is 12.9. The van der Waals surface area contributed by atoms with Crippen molar-refractivity contribution in [1.82, 2.24) is 19.9 Å². The van der Waals surface area contributed by atoms with Gasteiger partial charge in [0.05, 0.1) is 30.2 Å². The number of methoxy groups -OCH3 is 1. The number of esters is 1. The van der Waals surface area contributed by atoms with E-state index < -0.39 is 41.7 Å². The molecule has 10 nitrogen and oxygen atoms in total. The number of carbonyl (C=O) groups is 2. The highest BCUT2D eigenvalue weighted by atomic mass is 19.4. The van der Waals surface area contributed by atoms with Gasteiger partial charge in [0.2, 0.25) is 5.95 Å². The van der Waals surface area contributed by atoms with E-state index in [4.69, 9.17) is 9.47 Å². The van der Waals surface area contributed by atoms with Gasteiger partial charge in [0.25, 0.3) is 0 Å². The number of anilines is 1. The van der Waals surface area contributed by atoms with Crippen LogP contribution in [0.25, 0.3) is 0 Å². The van der Waals surface area contributed by atoms with Crippen molar-refractivity contribution in [3.05, 3.63) is 52.8 Å². The van der Waals surface area contributed by atoms with Gasteiger partial charge in [0, 0.05) is 57.2 Å². The first kappa shape index (κ1) is 33.3. The quantitative estimate of drug-likeness (QED) is 0.272. The number of benzene rings is 1. The number of ether oxygens (including phenoxy) is 2. The SMILES string of the molecule is CC[C@@H]1C[C@H](N(Cc2cc(C(F)(F)F)cc(C(F)(F)F)c2)c2ncc(C3C=NN(C)C3)cn2)CN1C(=O)O[C@H]1C[C@@H](C(=O)OC)C1. The van der Waals surface area contributed by atoms with E-state index in [1.165, 1.54) is 12.0 Å². The number of halogens is 6. The number of hydrazone groups is 1. The summed E-state index contributed by atoms with van der Waals surface area (Å²) in [6.07, 6.45) is -4.71. The van der Waals surface area contributed by atoms with E-state index in [0.717, 1.165) is 5.56 Å². The molecule has 1 aromatic carbocycles. The Morgan fingerprint density at radius 3 is 2.13 bits per heavy atom. The maximum absolute atomic E-state index is 13.7. The predicted octanol–water partition coefficient (Wildman–Crippen LogP) is 5.48. The summed E-state index contributed by atoms with van der Waals surface area (Å²) in [7, 11) is 3.09. The van der Waals surface area contributed by atoms with Crippen LogP contribution in [0.5, 0.6) is 0 Å². The molecule has 1 aromatic heterocycles. The van der Waals surface area contributed by atoms with Crippen molar-refractivity contribution >= 4 is 24.2 Å². The van der Waals surface area contributed by atoms with Crippen LogP contribution in [-0.2, 0) is 33.2 Å². The third-order valence-electron chi connectivity index (χ3n) is 8.68. The van der Waals surface area contributed by atoms with Crippen molar-refractivity contribution in [2.75, 3.05) is 32.1 Å². The highest BCUT2D eigenvalue weighted by molar-refractivity contribution is 5.74. The van der Waals surface area contributed by atoms with E-state index in [2.05, 4.69) is 15.1 Å². The second-order valence-corrected chi connectivity index (χ2v) is 11.9. The molecule has 3 aliphatic rings. The minimum Gasteiger partial charge on any atom is -0.469 e. The third kappa shape index (κ3) is 7.30. The lowest BCUT2D eigenvalue weighted by Gasteiger charge is -2.34. The average molecular weight is 657 g/mol. The Hall–Kier alpha value is -4.11. The summed E-state index contributed by atoms with van der Waals surface area (Å²) in [6, 6.07) is 0.580. The van der Waals surface area contributed by atoms with Crippen molar-refractivity contribution < 1.29 is 45.4 Å². The molecule has 0 radical (unpaired) electrons. The molecule has 1 aliphatic carbocycles. The van der Waals surface area contributed by atoms with Crippen LogP contribution in [0.15, 0.2) is 35.7 Å². The highest BCUT2D eigenvalue weighted by Crippen LogP contribution is 2.38. The third-order valence-corrected chi connectivity index (χ3v) is 8.68. The summed E-state index contributed by atoms with van der Waals surface area (Å²) in [5.74, 6) is -0.724. The Bertz CT molecular complexity index is 1410. The van der Waals surface area contributed by atoms with Gasteiger partial charge in [-0.1, -0.05) is 6.92 Å². The monoisotopic (exact) mass is 656 g/mol. The molecule has 1 saturated heterocycles. The zero-order chi connectivity index (χ0) is 33.4. The molecule has 1 saturated carbocycles. The van der Waals surface area contributed by atoms with Gasteiger partial charge in [-0.25, -0.2) is 14.8 Å². The maximum atomic E-state index is 13.7. The zero-order valence-electron chi connectivity index (χ0n) is 25.4. The van der Waals surface area contributed by atoms with E-state index in [1.54, 1.807) is 35.6 Å². The molecule has 0 bridgehead atoms. The Kier molecular flexibility index (Phi) is 9.36. The number of carbonyl (C=O) groups excluding carboxylic acids is 2. The number of amides is 1. The van der Waals surface area contributed by atoms with Crippen LogP contribution in [0.4, 0.5) is 37.1 Å². The van der Waals surface area contributed by atoms with Crippen molar-refractivity contribution in [3.63, 3.8) is 0 Å². The highest BCUT2D eigenvalue weighted by Gasteiger charge is 2.43. The van der Waals surface area contributed by atoms with Crippen LogP contribution in [0.2, 0.25) is 0 Å². The second-order valence-electron chi connectivity index (χ2n) is 11.9. The van der Waals surface area contributed by atoms with Gasteiger partial charge >= 0.3 is 24.4 Å². The summed E-state index contributed by atoms with van der Waals surface area (Å²) in [6.45, 7) is 2.15. The first-order chi connectivity index (χ1) is 21.7. The molecule has 46 heavy (non-hydrogen) atoms. The summed E-state index contributed by atoms with van der Waals surface area (Å²) >= 11 is 0. The van der Waals surface area contributed by atoms with Crippen LogP contribution < -0.4 is 4.90 Å². The number of rotatable bonds is 8. The van der Waals surface area contributed by atoms with E-state index in [-0.39, 0.29) is 54.5 Å². The Labute approximate surface area is 261 Å². The number of alkyl halides is 6. The number of likely N-dealkylation sites (tertiary alicyclic amines) is 1. The first-order valence-electron chi connectivity index (χ1n) is 14.8. The van der Waals surface area contributed by atoms with Crippen LogP contribution in [0, 0.1) is 5.92 Å². The largest absolute Gasteiger partial charge is 0.469 e. The lowest BCUT2D eigenvalue weighted by atomic mass is 9.82. The number of nitrogens with zero attached hydrogens (tertiary/aromatic N) is 6. The minimum absolute atomic E-state index is 0.0702. The van der Waals surface area contributed by atoms with E-state index >= 15 is 0 Å². The molecule has 1 unspecified atom stereocenters. The molecule has 16 heteroatoms. The molecule has 2 aliphatic heterocycles. The molecule has 3 heterocycles. The maximum Gasteiger partial charge on any atom is 0.416 e. The van der Waals surface area contributed by atoms with Gasteiger partial charge in [-0.15, -0.1) is 0 Å². The topological polar surface area (TPSA) is 100 Å². The zero-order valence-corrected chi connectivity index (χ0v) is 25.4. The summed E-state index contributed by atoms with van der Waals surface area (Å²) < 4.78 is 92.4. The smallest absolute Gasteiger partial charge is 0.416 e. The fourth-order valence-corrected chi connectivity index (χ4v) is 6.07. The predicted molar refractivity (Wildman–Crippen MR) is 153 cm³/mol. The number of aromatic nitrogens is 2. The number of hydrogen-bond acceptors (Lipinski definition) is 9. The summed E-state index contributed by atoms with van der Waals surface area (Å²) in [5, 5.41) is 5.95. The van der Waals surface area contributed by atoms with Crippen molar-refractivity contribution in [1.29, 1.82) is 0 Å². The summed E-state index contributed by atoms with van der Waals surface area (Å²) in [5.41, 5.74) is -2.35. The van der Waals surface area contributed by atoms with Crippen molar-refractivity contribution in [2.24, 2.45) is 11.0 Å². The van der Waals surface area contributed by atoms with Crippen LogP contribution in [-0.4, -0.2) is 83.6 Å². The molecule has 3 atom stereocenters. The molecule has 5 rings (SSSR count). The lowest BCUT2D eigenvalue weighted by molar-refractivity contribution is -0.153. The van der Waals surface area contributed by atoms with Gasteiger partial charge in [0.1, 0.15) is 6.10 Å². The molecular weight excluding hydrogens is 622 g/mol. The Morgan fingerprint density at radius 1 is 0.978 bits per heavy atom. The fourth-order valence-electron chi connectivity index (χ4n) is 6.07. The number of likely N-dealkylation sites (N-methyl/N-ethyl adjacent to an activating group) is 1. The van der Waals surface area contributed by atoms with Crippen LogP contribution in [0.1, 0.15) is 60.8 Å². The summed E-state index contributed by atoms with van der Waals surface area (Å²) in [4.78, 5) is 36.9. The normalized spacial score (nSPS) is 24.6. The minimum atomic E-state index is -5.01.